The van der Waals surface area contributed by atoms with Crippen molar-refractivity contribution in [2.45, 2.75) is 44.1 Å². The van der Waals surface area contributed by atoms with Gasteiger partial charge in [-0.1, -0.05) is 12.8 Å². The average Bonchev–Trinajstić information content (AvgIpc) is 2.59. The highest BCUT2D eigenvalue weighted by atomic mass is 19.1. The van der Waals surface area contributed by atoms with Gasteiger partial charge < -0.3 is 14.7 Å². The van der Waals surface area contributed by atoms with E-state index in [-0.39, 0.29) is 23.6 Å². The van der Waals surface area contributed by atoms with Crippen molar-refractivity contribution in [3.05, 3.63) is 29.6 Å². The maximum absolute atomic E-state index is 13.4. The van der Waals surface area contributed by atoms with Gasteiger partial charge in [0, 0.05) is 19.0 Å². The summed E-state index contributed by atoms with van der Waals surface area (Å²) >= 11 is 0. The Morgan fingerprint density at radius 1 is 1.33 bits per heavy atom. The van der Waals surface area contributed by atoms with Crippen LogP contribution in [0.15, 0.2) is 18.2 Å². The van der Waals surface area contributed by atoms with E-state index in [1.165, 1.54) is 12.1 Å². The van der Waals surface area contributed by atoms with Crippen LogP contribution in [0.1, 0.15) is 37.7 Å². The molecule has 130 valence electrons. The molecular weight excluding hydrogens is 309 g/mol. The van der Waals surface area contributed by atoms with Crippen molar-refractivity contribution in [1.82, 2.24) is 4.90 Å². The first-order valence-corrected chi connectivity index (χ1v) is 8.97. The van der Waals surface area contributed by atoms with E-state index in [0.29, 0.717) is 38.3 Å². The number of fused-ring (bicyclic) bond motifs is 2. The summed E-state index contributed by atoms with van der Waals surface area (Å²) in [6.45, 7) is 1.60. The molecule has 4 nitrogen and oxygen atoms in total. The van der Waals surface area contributed by atoms with Gasteiger partial charge in [-0.25, -0.2) is 4.39 Å². The number of carbonyl (C=O) groups is 1. The molecule has 1 saturated carbocycles. The van der Waals surface area contributed by atoms with E-state index in [9.17, 15) is 14.3 Å². The first-order valence-electron chi connectivity index (χ1n) is 8.97. The largest absolute Gasteiger partial charge is 0.492 e. The summed E-state index contributed by atoms with van der Waals surface area (Å²) in [6.07, 6.45) is 5.27. The molecule has 2 aliphatic heterocycles. The molecule has 1 aromatic carbocycles. The molecule has 4 rings (SSSR count). The number of nitrogens with zero attached hydrogens (tertiary/aromatic N) is 1. The van der Waals surface area contributed by atoms with Crippen LogP contribution in [0.4, 0.5) is 4.39 Å². The van der Waals surface area contributed by atoms with Gasteiger partial charge in [0.2, 0.25) is 5.91 Å². The van der Waals surface area contributed by atoms with Gasteiger partial charge in [-0.2, -0.15) is 0 Å². The van der Waals surface area contributed by atoms with E-state index in [4.69, 9.17) is 4.74 Å². The molecule has 0 radical (unpaired) electrons. The summed E-state index contributed by atoms with van der Waals surface area (Å²) in [5.41, 5.74) is 0.194. The quantitative estimate of drug-likeness (QED) is 0.859. The second kappa shape index (κ2) is 6.03. The van der Waals surface area contributed by atoms with Gasteiger partial charge in [0.15, 0.2) is 0 Å². The van der Waals surface area contributed by atoms with Gasteiger partial charge in [0.05, 0.1) is 11.5 Å². The molecule has 1 aliphatic carbocycles. The molecule has 2 heterocycles. The second-order valence-corrected chi connectivity index (χ2v) is 7.54. The number of ether oxygens (including phenoxy) is 1. The molecule has 5 heteroatoms. The van der Waals surface area contributed by atoms with Crippen LogP contribution >= 0.6 is 0 Å². The van der Waals surface area contributed by atoms with Gasteiger partial charge in [-0.3, -0.25) is 4.79 Å². The molecule has 1 saturated heterocycles. The first kappa shape index (κ1) is 15.9. The summed E-state index contributed by atoms with van der Waals surface area (Å²) in [5.74, 6) is 0.404. The molecule has 3 aliphatic rings. The Bertz CT molecular complexity index is 649. The zero-order valence-corrected chi connectivity index (χ0v) is 13.8. The topological polar surface area (TPSA) is 49.8 Å². The van der Waals surface area contributed by atoms with Crippen LogP contribution in [-0.2, 0) is 11.2 Å². The fraction of sp³-hybridized carbons (Fsp3) is 0.632. The summed E-state index contributed by atoms with van der Waals surface area (Å²) in [5, 5.41) is 10.8. The highest BCUT2D eigenvalue weighted by Crippen LogP contribution is 2.40. The number of carbonyl (C=O) groups excluding carboxylic acids is 1. The van der Waals surface area contributed by atoms with Crippen LogP contribution < -0.4 is 4.74 Å². The molecular formula is C19H24FNO3. The van der Waals surface area contributed by atoms with Crippen molar-refractivity contribution in [3.8, 4) is 5.75 Å². The molecule has 0 spiro atoms. The SMILES string of the molecule is O=C(C1COc2ccc(F)cc2C1)N1CCC2(O)CCCCC2C1. The maximum atomic E-state index is 13.4. The van der Waals surface area contributed by atoms with Gasteiger partial charge >= 0.3 is 0 Å². The highest BCUT2D eigenvalue weighted by molar-refractivity contribution is 5.80. The predicted octanol–water partition coefficient (Wildman–Crippen LogP) is 2.53. The average molecular weight is 333 g/mol. The van der Waals surface area contributed by atoms with Crippen LogP contribution in [0.2, 0.25) is 0 Å². The molecule has 3 atom stereocenters. The molecule has 1 aromatic rings. The van der Waals surface area contributed by atoms with Crippen molar-refractivity contribution in [2.24, 2.45) is 11.8 Å². The van der Waals surface area contributed by atoms with Crippen molar-refractivity contribution in [1.29, 1.82) is 0 Å². The fourth-order valence-electron chi connectivity index (χ4n) is 4.55. The number of hydrogen-bond donors (Lipinski definition) is 1. The number of benzene rings is 1. The zero-order chi connectivity index (χ0) is 16.7. The monoisotopic (exact) mass is 333 g/mol. The van der Waals surface area contributed by atoms with Gasteiger partial charge in [0.25, 0.3) is 0 Å². The normalized spacial score (nSPS) is 32.5. The van der Waals surface area contributed by atoms with E-state index >= 15 is 0 Å². The van der Waals surface area contributed by atoms with E-state index in [1.807, 2.05) is 4.90 Å². The van der Waals surface area contributed by atoms with Crippen LogP contribution in [0.25, 0.3) is 0 Å². The van der Waals surface area contributed by atoms with Crippen molar-refractivity contribution >= 4 is 5.91 Å². The maximum Gasteiger partial charge on any atom is 0.229 e. The minimum Gasteiger partial charge on any atom is -0.492 e. The molecule has 3 unspecified atom stereocenters. The highest BCUT2D eigenvalue weighted by Gasteiger charge is 2.44. The number of rotatable bonds is 1. The van der Waals surface area contributed by atoms with Crippen molar-refractivity contribution in [2.75, 3.05) is 19.7 Å². The molecule has 2 fully saturated rings. The third-order valence-corrected chi connectivity index (χ3v) is 6.02. The van der Waals surface area contributed by atoms with Crippen LogP contribution in [0.3, 0.4) is 0 Å². The Labute approximate surface area is 141 Å². The Kier molecular flexibility index (Phi) is 3.99. The van der Waals surface area contributed by atoms with Gasteiger partial charge in [-0.15, -0.1) is 0 Å². The van der Waals surface area contributed by atoms with E-state index in [2.05, 4.69) is 0 Å². The summed E-state index contributed by atoms with van der Waals surface area (Å²) in [4.78, 5) is 14.8. The Hall–Kier alpha value is -1.62. The number of halogens is 1. The predicted molar refractivity (Wildman–Crippen MR) is 87.2 cm³/mol. The Balaban J connectivity index is 1.45. The van der Waals surface area contributed by atoms with Crippen molar-refractivity contribution in [3.63, 3.8) is 0 Å². The zero-order valence-electron chi connectivity index (χ0n) is 13.8. The lowest BCUT2D eigenvalue weighted by atomic mass is 9.71. The minimum atomic E-state index is -0.576. The lowest BCUT2D eigenvalue weighted by Gasteiger charge is -2.48. The number of hydrogen-bond acceptors (Lipinski definition) is 3. The lowest BCUT2D eigenvalue weighted by molar-refractivity contribution is -0.148. The first-order chi connectivity index (χ1) is 11.5. The lowest BCUT2D eigenvalue weighted by Crippen LogP contribution is -2.56. The molecule has 1 N–H and O–H groups in total. The van der Waals surface area contributed by atoms with Crippen LogP contribution in [0, 0.1) is 17.7 Å². The second-order valence-electron chi connectivity index (χ2n) is 7.54. The van der Waals surface area contributed by atoms with Gasteiger partial charge in [-0.05, 0) is 49.4 Å². The van der Waals surface area contributed by atoms with E-state index in [0.717, 1.165) is 31.2 Å². The Morgan fingerprint density at radius 2 is 2.21 bits per heavy atom. The molecule has 1 amide bonds. The van der Waals surface area contributed by atoms with Crippen LogP contribution in [0.5, 0.6) is 5.75 Å². The molecule has 0 aromatic heterocycles. The number of likely N-dealkylation sites (tertiary alicyclic amines) is 1. The smallest absolute Gasteiger partial charge is 0.229 e. The summed E-state index contributed by atoms with van der Waals surface area (Å²) < 4.78 is 19.1. The third kappa shape index (κ3) is 2.79. The van der Waals surface area contributed by atoms with Crippen LogP contribution in [-0.4, -0.2) is 41.2 Å². The van der Waals surface area contributed by atoms with E-state index < -0.39 is 5.60 Å². The number of piperidine rings is 1. The molecule has 0 bridgehead atoms. The summed E-state index contributed by atoms with van der Waals surface area (Å²) in [6, 6.07) is 4.48. The number of amides is 1. The summed E-state index contributed by atoms with van der Waals surface area (Å²) in [7, 11) is 0. The van der Waals surface area contributed by atoms with Crippen molar-refractivity contribution < 1.29 is 19.0 Å². The third-order valence-electron chi connectivity index (χ3n) is 6.02. The minimum absolute atomic E-state index is 0.0811. The molecule has 24 heavy (non-hydrogen) atoms. The Morgan fingerprint density at radius 3 is 3.08 bits per heavy atom. The van der Waals surface area contributed by atoms with Gasteiger partial charge in [0.1, 0.15) is 18.2 Å². The standard InChI is InChI=1S/C19H24FNO3/c20-16-4-5-17-13(10-16)9-14(12-24-17)18(22)21-8-7-19(23)6-2-1-3-15(19)11-21/h4-5,10,14-15,23H,1-3,6-9,11-12H2. The fourth-order valence-corrected chi connectivity index (χ4v) is 4.55. The van der Waals surface area contributed by atoms with E-state index in [1.54, 1.807) is 6.07 Å². The number of aliphatic hydroxyl groups is 1.